The van der Waals surface area contributed by atoms with E-state index in [1.54, 1.807) is 12.1 Å². The number of anilines is 2. The van der Waals surface area contributed by atoms with Crippen LogP contribution in [0.15, 0.2) is 36.4 Å². The number of aryl methyl sites for hydroxylation is 1. The van der Waals surface area contributed by atoms with Crippen molar-refractivity contribution in [1.82, 2.24) is 0 Å². The number of nitrogens with one attached hydrogen (secondary N) is 2. The first-order valence-corrected chi connectivity index (χ1v) is 6.90. The van der Waals surface area contributed by atoms with Crippen LogP contribution in [-0.4, -0.2) is 5.91 Å². The highest BCUT2D eigenvalue weighted by Gasteiger charge is 2.06. The van der Waals surface area contributed by atoms with Gasteiger partial charge >= 0.3 is 0 Å². The van der Waals surface area contributed by atoms with Gasteiger partial charge in [-0.25, -0.2) is 4.39 Å². The summed E-state index contributed by atoms with van der Waals surface area (Å²) < 4.78 is 13.8. The molecule has 0 aromatic heterocycles. The second-order valence-corrected chi connectivity index (χ2v) is 5.18. The average molecular weight is 307 g/mol. The zero-order chi connectivity index (χ0) is 15.4. The first kappa shape index (κ1) is 15.3. The van der Waals surface area contributed by atoms with Crippen LogP contribution in [0.3, 0.4) is 0 Å². The zero-order valence-corrected chi connectivity index (χ0v) is 12.6. The Labute approximate surface area is 128 Å². The van der Waals surface area contributed by atoms with E-state index in [1.807, 2.05) is 25.1 Å². The average Bonchev–Trinajstić information content (AvgIpc) is 2.43. The van der Waals surface area contributed by atoms with Crippen LogP contribution >= 0.6 is 11.6 Å². The number of rotatable bonds is 4. The summed E-state index contributed by atoms with van der Waals surface area (Å²) >= 11 is 5.75. The Balaban J connectivity index is 2.08. The lowest BCUT2D eigenvalue weighted by Crippen LogP contribution is -2.08. The monoisotopic (exact) mass is 306 g/mol. The van der Waals surface area contributed by atoms with E-state index < -0.39 is 5.82 Å². The van der Waals surface area contributed by atoms with E-state index in [9.17, 15) is 9.18 Å². The molecule has 0 unspecified atom stereocenters. The summed E-state index contributed by atoms with van der Waals surface area (Å²) in [7, 11) is 0. The molecule has 0 heterocycles. The Kier molecular flexibility index (Phi) is 4.81. The molecule has 0 aliphatic heterocycles. The second kappa shape index (κ2) is 6.59. The van der Waals surface area contributed by atoms with Gasteiger partial charge in [-0.05, 0) is 36.8 Å². The molecule has 0 bridgehead atoms. The van der Waals surface area contributed by atoms with Crippen molar-refractivity contribution >= 4 is 28.9 Å². The summed E-state index contributed by atoms with van der Waals surface area (Å²) in [6, 6.07) is 10.5. The summed E-state index contributed by atoms with van der Waals surface area (Å²) in [5.41, 5.74) is 3.05. The van der Waals surface area contributed by atoms with Crippen molar-refractivity contribution in [2.45, 2.75) is 20.4 Å². The van der Waals surface area contributed by atoms with Gasteiger partial charge in [0.05, 0.1) is 5.02 Å². The third-order valence-corrected chi connectivity index (χ3v) is 3.34. The molecule has 2 aromatic carbocycles. The Hall–Kier alpha value is -2.07. The summed E-state index contributed by atoms with van der Waals surface area (Å²) in [5, 5.41) is 6.00. The van der Waals surface area contributed by atoms with Crippen LogP contribution in [0.4, 0.5) is 15.8 Å². The van der Waals surface area contributed by atoms with Gasteiger partial charge in [0.1, 0.15) is 5.82 Å². The van der Waals surface area contributed by atoms with Crippen molar-refractivity contribution < 1.29 is 9.18 Å². The summed E-state index contributed by atoms with van der Waals surface area (Å²) in [4.78, 5) is 11.0. The third kappa shape index (κ3) is 3.95. The number of hydrogen-bond acceptors (Lipinski definition) is 2. The molecule has 21 heavy (non-hydrogen) atoms. The molecule has 2 aromatic rings. The Morgan fingerprint density at radius 1 is 1.29 bits per heavy atom. The molecule has 0 spiro atoms. The van der Waals surface area contributed by atoms with Gasteiger partial charge in [0.15, 0.2) is 0 Å². The van der Waals surface area contributed by atoms with E-state index >= 15 is 0 Å². The van der Waals surface area contributed by atoms with E-state index in [2.05, 4.69) is 10.6 Å². The Morgan fingerprint density at radius 3 is 2.71 bits per heavy atom. The van der Waals surface area contributed by atoms with Gasteiger partial charge in [-0.3, -0.25) is 4.79 Å². The van der Waals surface area contributed by atoms with Crippen LogP contribution in [0, 0.1) is 12.7 Å². The van der Waals surface area contributed by atoms with Crippen molar-refractivity contribution in [3.05, 3.63) is 58.4 Å². The SMILES string of the molecule is CC(=O)Nc1ccc(NCc2cccc(Cl)c2F)cc1C. The van der Waals surface area contributed by atoms with E-state index in [-0.39, 0.29) is 10.9 Å². The minimum Gasteiger partial charge on any atom is -0.381 e. The van der Waals surface area contributed by atoms with Crippen LogP contribution in [0.1, 0.15) is 18.1 Å². The van der Waals surface area contributed by atoms with Gasteiger partial charge < -0.3 is 10.6 Å². The molecule has 0 radical (unpaired) electrons. The molecule has 2 N–H and O–H groups in total. The van der Waals surface area contributed by atoms with Crippen LogP contribution in [0.25, 0.3) is 0 Å². The van der Waals surface area contributed by atoms with E-state index in [4.69, 9.17) is 11.6 Å². The number of hydrogen-bond donors (Lipinski definition) is 2. The second-order valence-electron chi connectivity index (χ2n) is 4.78. The molecule has 0 atom stereocenters. The van der Waals surface area contributed by atoms with Gasteiger partial charge in [0, 0.05) is 30.4 Å². The van der Waals surface area contributed by atoms with Gasteiger partial charge in [0.25, 0.3) is 0 Å². The first-order chi connectivity index (χ1) is 9.97. The largest absolute Gasteiger partial charge is 0.381 e. The van der Waals surface area contributed by atoms with Gasteiger partial charge in [-0.15, -0.1) is 0 Å². The lowest BCUT2D eigenvalue weighted by molar-refractivity contribution is -0.114. The van der Waals surface area contributed by atoms with Crippen molar-refractivity contribution in [2.24, 2.45) is 0 Å². The highest BCUT2D eigenvalue weighted by atomic mass is 35.5. The smallest absolute Gasteiger partial charge is 0.221 e. The molecule has 0 aliphatic rings. The highest BCUT2D eigenvalue weighted by Crippen LogP contribution is 2.22. The molecule has 2 rings (SSSR count). The van der Waals surface area contributed by atoms with Gasteiger partial charge in [-0.2, -0.15) is 0 Å². The predicted molar refractivity (Wildman–Crippen MR) is 84.2 cm³/mol. The normalized spacial score (nSPS) is 10.3. The maximum Gasteiger partial charge on any atom is 0.221 e. The van der Waals surface area contributed by atoms with Crippen LogP contribution < -0.4 is 10.6 Å². The fourth-order valence-corrected chi connectivity index (χ4v) is 2.18. The molecule has 110 valence electrons. The number of carbonyl (C=O) groups is 1. The van der Waals surface area contributed by atoms with Gasteiger partial charge in [0.2, 0.25) is 5.91 Å². The fraction of sp³-hybridized carbons (Fsp3) is 0.188. The summed E-state index contributed by atoms with van der Waals surface area (Å²) in [6.07, 6.45) is 0. The maximum atomic E-state index is 13.8. The minimum atomic E-state index is -0.404. The van der Waals surface area contributed by atoms with Crippen molar-refractivity contribution in [3.8, 4) is 0 Å². The van der Waals surface area contributed by atoms with E-state index in [0.29, 0.717) is 12.1 Å². The molecular formula is C16H16ClFN2O. The third-order valence-electron chi connectivity index (χ3n) is 3.05. The molecular weight excluding hydrogens is 291 g/mol. The number of amides is 1. The minimum absolute atomic E-state index is 0.111. The van der Waals surface area contributed by atoms with Crippen molar-refractivity contribution in [1.29, 1.82) is 0 Å². The number of benzene rings is 2. The topological polar surface area (TPSA) is 41.1 Å². The zero-order valence-electron chi connectivity index (χ0n) is 11.8. The molecule has 0 aliphatic carbocycles. The first-order valence-electron chi connectivity index (χ1n) is 6.52. The highest BCUT2D eigenvalue weighted by molar-refractivity contribution is 6.30. The molecule has 0 saturated heterocycles. The predicted octanol–water partition coefficient (Wildman–Crippen LogP) is 4.36. The van der Waals surface area contributed by atoms with E-state index in [0.717, 1.165) is 16.9 Å². The molecule has 0 saturated carbocycles. The quantitative estimate of drug-likeness (QED) is 0.881. The molecule has 5 heteroatoms. The summed E-state index contributed by atoms with van der Waals surface area (Å²) in [5.74, 6) is -0.516. The van der Waals surface area contributed by atoms with Crippen molar-refractivity contribution in [2.75, 3.05) is 10.6 Å². The van der Waals surface area contributed by atoms with E-state index in [1.165, 1.54) is 13.0 Å². The van der Waals surface area contributed by atoms with Crippen molar-refractivity contribution in [3.63, 3.8) is 0 Å². The fourth-order valence-electron chi connectivity index (χ4n) is 1.99. The van der Waals surface area contributed by atoms with Crippen LogP contribution in [0.5, 0.6) is 0 Å². The molecule has 1 amide bonds. The van der Waals surface area contributed by atoms with Crippen LogP contribution in [-0.2, 0) is 11.3 Å². The molecule has 3 nitrogen and oxygen atoms in total. The molecule has 0 fully saturated rings. The standard InChI is InChI=1S/C16H16ClFN2O/c1-10-8-13(6-7-15(10)20-11(2)21)19-9-12-4-3-5-14(17)16(12)18/h3-8,19H,9H2,1-2H3,(H,20,21). The maximum absolute atomic E-state index is 13.8. The number of carbonyl (C=O) groups excluding carboxylic acids is 1. The lowest BCUT2D eigenvalue weighted by Gasteiger charge is -2.11. The van der Waals surface area contributed by atoms with Gasteiger partial charge in [-0.1, -0.05) is 23.7 Å². The Bertz CT molecular complexity index is 673. The van der Waals surface area contributed by atoms with Crippen LogP contribution in [0.2, 0.25) is 5.02 Å². The Morgan fingerprint density at radius 2 is 2.05 bits per heavy atom. The number of halogens is 2. The lowest BCUT2D eigenvalue weighted by atomic mass is 10.1. The summed E-state index contributed by atoms with van der Waals surface area (Å²) in [6.45, 7) is 3.70.